The largest absolute Gasteiger partial charge is 0.496 e. The van der Waals surface area contributed by atoms with Gasteiger partial charge < -0.3 is 4.74 Å². The number of carbonyl (C=O) groups excluding carboxylic acids is 1. The van der Waals surface area contributed by atoms with Crippen molar-refractivity contribution >= 4 is 27.8 Å². The molecule has 1 amide bonds. The van der Waals surface area contributed by atoms with Gasteiger partial charge in [0.2, 0.25) is 0 Å². The van der Waals surface area contributed by atoms with Crippen molar-refractivity contribution in [3.05, 3.63) is 90.0 Å². The number of amides is 1. The predicted molar refractivity (Wildman–Crippen MR) is 121 cm³/mol. The third kappa shape index (κ3) is 5.29. The second-order valence-electron chi connectivity index (χ2n) is 6.65. The monoisotopic (exact) mass is 437 g/mol. The number of para-hydroxylation sites is 2. The van der Waals surface area contributed by atoms with Gasteiger partial charge in [0.25, 0.3) is 15.9 Å². The molecule has 0 aliphatic heterocycles. The maximum Gasteiger partial charge on any atom is 0.264 e. The highest BCUT2D eigenvalue weighted by Gasteiger charge is 2.27. The summed E-state index contributed by atoms with van der Waals surface area (Å²) < 4.78 is 32.9. The Morgan fingerprint density at radius 1 is 1.00 bits per heavy atom. The minimum atomic E-state index is -3.96. The lowest BCUT2D eigenvalue weighted by atomic mass is 10.2. The van der Waals surface area contributed by atoms with E-state index in [1.165, 1.54) is 18.3 Å². The topological polar surface area (TPSA) is 88.1 Å². The molecule has 0 aromatic heterocycles. The number of hydrogen-bond donors (Lipinski definition) is 1. The number of aryl methyl sites for hydroxylation is 1. The smallest absolute Gasteiger partial charge is 0.264 e. The normalized spacial score (nSPS) is 11.3. The standard InChI is InChI=1S/C23H23N3O4S/c1-18-10-6-8-14-21(18)26(31(28,29)20-12-4-3-5-13-20)17-23(27)25-24-16-19-11-7-9-15-22(19)30-2/h3-16H,17H2,1-2H3,(H,25,27)/b24-16+. The van der Waals surface area contributed by atoms with Gasteiger partial charge in [0.05, 0.1) is 23.9 Å². The molecule has 0 spiro atoms. The average Bonchev–Trinajstić information content (AvgIpc) is 2.79. The lowest BCUT2D eigenvalue weighted by Gasteiger charge is -2.25. The number of nitrogens with one attached hydrogen (secondary N) is 1. The summed E-state index contributed by atoms with van der Waals surface area (Å²) in [5.74, 6) is 0.0302. The Morgan fingerprint density at radius 2 is 1.65 bits per heavy atom. The third-order valence-corrected chi connectivity index (χ3v) is 6.31. The van der Waals surface area contributed by atoms with Crippen molar-refractivity contribution < 1.29 is 17.9 Å². The van der Waals surface area contributed by atoms with Crippen LogP contribution in [0.1, 0.15) is 11.1 Å². The molecule has 0 aliphatic rings. The molecular formula is C23H23N3O4S. The summed E-state index contributed by atoms with van der Waals surface area (Å²) in [4.78, 5) is 12.7. The van der Waals surface area contributed by atoms with Crippen molar-refractivity contribution in [2.24, 2.45) is 5.10 Å². The summed E-state index contributed by atoms with van der Waals surface area (Å²) in [6, 6.07) is 22.2. The van der Waals surface area contributed by atoms with Crippen molar-refractivity contribution in [3.63, 3.8) is 0 Å². The molecule has 3 aromatic rings. The fourth-order valence-electron chi connectivity index (χ4n) is 2.98. The predicted octanol–water partition coefficient (Wildman–Crippen LogP) is 3.35. The van der Waals surface area contributed by atoms with E-state index >= 15 is 0 Å². The quantitative estimate of drug-likeness (QED) is 0.432. The first-order valence-electron chi connectivity index (χ1n) is 9.52. The van der Waals surface area contributed by atoms with Gasteiger partial charge in [-0.05, 0) is 42.8 Å². The average molecular weight is 438 g/mol. The van der Waals surface area contributed by atoms with Gasteiger partial charge in [-0.1, -0.05) is 48.5 Å². The van der Waals surface area contributed by atoms with E-state index < -0.39 is 22.5 Å². The minimum absolute atomic E-state index is 0.101. The van der Waals surface area contributed by atoms with E-state index in [9.17, 15) is 13.2 Å². The second-order valence-corrected chi connectivity index (χ2v) is 8.51. The van der Waals surface area contributed by atoms with Crippen molar-refractivity contribution in [1.82, 2.24) is 5.43 Å². The number of ether oxygens (including phenoxy) is 1. The van der Waals surface area contributed by atoms with Gasteiger partial charge in [-0.15, -0.1) is 0 Å². The molecule has 0 atom stereocenters. The summed E-state index contributed by atoms with van der Waals surface area (Å²) in [6.45, 7) is 1.37. The minimum Gasteiger partial charge on any atom is -0.496 e. The summed E-state index contributed by atoms with van der Waals surface area (Å²) in [5, 5.41) is 3.95. The number of carbonyl (C=O) groups is 1. The van der Waals surface area contributed by atoms with Crippen molar-refractivity contribution in [2.45, 2.75) is 11.8 Å². The molecule has 0 heterocycles. The molecule has 3 rings (SSSR count). The molecule has 0 bridgehead atoms. The zero-order chi connectivity index (χ0) is 22.3. The van der Waals surface area contributed by atoms with Crippen LogP contribution in [-0.4, -0.2) is 34.2 Å². The first kappa shape index (κ1) is 22.0. The number of hydrogen-bond acceptors (Lipinski definition) is 5. The highest BCUT2D eigenvalue weighted by atomic mass is 32.2. The highest BCUT2D eigenvalue weighted by molar-refractivity contribution is 7.92. The highest BCUT2D eigenvalue weighted by Crippen LogP contribution is 2.26. The number of nitrogens with zero attached hydrogens (tertiary/aromatic N) is 2. The Hall–Kier alpha value is -3.65. The van der Waals surface area contributed by atoms with E-state index in [1.807, 2.05) is 18.2 Å². The Bertz CT molecular complexity index is 1180. The maximum atomic E-state index is 13.3. The number of rotatable bonds is 8. The number of benzene rings is 3. The van der Waals surface area contributed by atoms with Gasteiger partial charge >= 0.3 is 0 Å². The lowest BCUT2D eigenvalue weighted by Crippen LogP contribution is -2.40. The van der Waals surface area contributed by atoms with Gasteiger partial charge in [-0.2, -0.15) is 5.10 Å². The summed E-state index contributed by atoms with van der Waals surface area (Å²) in [7, 11) is -2.42. The molecule has 8 heteroatoms. The van der Waals surface area contributed by atoms with Crippen LogP contribution in [0.3, 0.4) is 0 Å². The molecular weight excluding hydrogens is 414 g/mol. The molecule has 0 saturated carbocycles. The van der Waals surface area contributed by atoms with Gasteiger partial charge in [0.1, 0.15) is 12.3 Å². The van der Waals surface area contributed by atoms with Crippen molar-refractivity contribution in [2.75, 3.05) is 18.0 Å². The van der Waals surface area contributed by atoms with Gasteiger partial charge in [-0.25, -0.2) is 13.8 Å². The molecule has 31 heavy (non-hydrogen) atoms. The number of hydrazone groups is 1. The fourth-order valence-corrected chi connectivity index (χ4v) is 4.48. The molecule has 0 saturated heterocycles. The van der Waals surface area contributed by atoms with Crippen LogP contribution in [0.15, 0.2) is 88.9 Å². The van der Waals surface area contributed by atoms with Crippen molar-refractivity contribution in [3.8, 4) is 5.75 Å². The van der Waals surface area contributed by atoms with Crippen LogP contribution in [0.25, 0.3) is 0 Å². The van der Waals surface area contributed by atoms with E-state index in [4.69, 9.17) is 4.74 Å². The van der Waals surface area contributed by atoms with Gasteiger partial charge in [0, 0.05) is 5.56 Å². The van der Waals surface area contributed by atoms with Gasteiger partial charge in [0.15, 0.2) is 0 Å². The summed E-state index contributed by atoms with van der Waals surface area (Å²) in [6.07, 6.45) is 1.44. The van der Waals surface area contributed by atoms with E-state index in [0.717, 1.165) is 9.87 Å². The van der Waals surface area contributed by atoms with Crippen LogP contribution in [0, 0.1) is 6.92 Å². The SMILES string of the molecule is COc1ccccc1/C=N/NC(=O)CN(c1ccccc1C)S(=O)(=O)c1ccccc1. The molecule has 0 aliphatic carbocycles. The maximum absolute atomic E-state index is 13.3. The van der Waals surface area contributed by atoms with Crippen LogP contribution in [-0.2, 0) is 14.8 Å². The molecule has 0 fully saturated rings. The Kier molecular flexibility index (Phi) is 7.04. The van der Waals surface area contributed by atoms with E-state index in [-0.39, 0.29) is 4.90 Å². The molecule has 0 radical (unpaired) electrons. The Balaban J connectivity index is 1.85. The Labute approximate surface area is 182 Å². The molecule has 3 aromatic carbocycles. The number of sulfonamides is 1. The van der Waals surface area contributed by atoms with E-state index in [0.29, 0.717) is 17.0 Å². The summed E-state index contributed by atoms with van der Waals surface area (Å²) >= 11 is 0. The second kappa shape index (κ2) is 9.90. The molecule has 7 nitrogen and oxygen atoms in total. The van der Waals surface area contributed by atoms with Crippen molar-refractivity contribution in [1.29, 1.82) is 0 Å². The van der Waals surface area contributed by atoms with Crippen LogP contribution < -0.4 is 14.5 Å². The van der Waals surface area contributed by atoms with Gasteiger partial charge in [-0.3, -0.25) is 9.10 Å². The van der Waals surface area contributed by atoms with Crippen LogP contribution in [0.2, 0.25) is 0 Å². The fraction of sp³-hybridized carbons (Fsp3) is 0.130. The first-order valence-corrected chi connectivity index (χ1v) is 11.0. The van der Waals surface area contributed by atoms with E-state index in [1.54, 1.807) is 62.6 Å². The zero-order valence-corrected chi connectivity index (χ0v) is 18.0. The molecule has 160 valence electrons. The van der Waals surface area contributed by atoms with E-state index in [2.05, 4.69) is 10.5 Å². The number of anilines is 1. The Morgan fingerprint density at radius 3 is 2.35 bits per heavy atom. The zero-order valence-electron chi connectivity index (χ0n) is 17.2. The van der Waals surface area contributed by atoms with Crippen LogP contribution in [0.5, 0.6) is 5.75 Å². The first-order chi connectivity index (χ1) is 14.9. The van der Waals surface area contributed by atoms with Crippen LogP contribution >= 0.6 is 0 Å². The molecule has 0 unspecified atom stereocenters. The van der Waals surface area contributed by atoms with Crippen LogP contribution in [0.4, 0.5) is 5.69 Å². The summed E-state index contributed by atoms with van der Waals surface area (Å²) in [5.41, 5.74) is 4.23. The lowest BCUT2D eigenvalue weighted by molar-refractivity contribution is -0.119. The third-order valence-electron chi connectivity index (χ3n) is 4.53. The number of methoxy groups -OCH3 is 1. The molecule has 1 N–H and O–H groups in total.